The molecule has 0 fully saturated rings. The molecule has 5 nitrogen and oxygen atoms in total. The largest absolute Gasteiger partial charge is 0.467 e. The number of ether oxygens (including phenoxy) is 1. The number of hydrogen-bond donors (Lipinski definition) is 1. The molecule has 0 aliphatic rings. The molecular weight excluding hydrogens is 165 g/mol. The zero-order valence-electron chi connectivity index (χ0n) is 6.65. The van der Waals surface area contributed by atoms with Gasteiger partial charge in [0, 0.05) is 7.05 Å². The molecule has 0 saturated carbocycles. The molecule has 1 aromatic rings. The quantitative estimate of drug-likeness (QED) is 0.658. The highest BCUT2D eigenvalue weighted by Crippen LogP contribution is 2.14. The van der Waals surface area contributed by atoms with Crippen molar-refractivity contribution in [1.29, 1.82) is 0 Å². The lowest BCUT2D eigenvalue weighted by molar-refractivity contribution is 0.268. The van der Waals surface area contributed by atoms with Crippen LogP contribution in [0.5, 0.6) is 6.01 Å². The minimum atomic E-state index is -0.708. The molecule has 0 bridgehead atoms. The average molecular weight is 173 g/mol. The van der Waals surface area contributed by atoms with Crippen molar-refractivity contribution >= 4 is 5.82 Å². The molecule has 1 heterocycles. The number of halogens is 1. The van der Waals surface area contributed by atoms with E-state index in [0.29, 0.717) is 5.06 Å². The molecule has 0 radical (unpaired) electrons. The molecule has 0 spiro atoms. The summed E-state index contributed by atoms with van der Waals surface area (Å²) in [6.45, 7) is 0. The zero-order valence-corrected chi connectivity index (χ0v) is 6.65. The highest BCUT2D eigenvalue weighted by molar-refractivity contribution is 5.35. The van der Waals surface area contributed by atoms with Crippen LogP contribution in [0.3, 0.4) is 0 Å². The lowest BCUT2D eigenvalue weighted by Gasteiger charge is -2.09. The van der Waals surface area contributed by atoms with Crippen LogP contribution in [0.25, 0.3) is 0 Å². The smallest absolute Gasteiger partial charge is 0.318 e. The van der Waals surface area contributed by atoms with Crippen molar-refractivity contribution in [2.45, 2.75) is 0 Å². The van der Waals surface area contributed by atoms with Crippen molar-refractivity contribution < 1.29 is 14.3 Å². The van der Waals surface area contributed by atoms with Gasteiger partial charge in [-0.3, -0.25) is 5.21 Å². The molecule has 0 amide bonds. The molecular formula is C6H8FN3O2. The van der Waals surface area contributed by atoms with Gasteiger partial charge in [0.05, 0.1) is 13.3 Å². The maximum absolute atomic E-state index is 12.8. The van der Waals surface area contributed by atoms with Crippen LogP contribution in [-0.2, 0) is 0 Å². The summed E-state index contributed by atoms with van der Waals surface area (Å²) in [5, 5.41) is 9.43. The van der Waals surface area contributed by atoms with Gasteiger partial charge in [-0.25, -0.2) is 14.4 Å². The lowest BCUT2D eigenvalue weighted by Crippen LogP contribution is -2.14. The van der Waals surface area contributed by atoms with E-state index in [2.05, 4.69) is 14.7 Å². The zero-order chi connectivity index (χ0) is 9.14. The summed E-state index contributed by atoms with van der Waals surface area (Å²) in [5.41, 5.74) is 0. The molecule has 6 heteroatoms. The van der Waals surface area contributed by atoms with Gasteiger partial charge >= 0.3 is 6.01 Å². The Labute approximate surface area is 68.4 Å². The fraction of sp³-hybridized carbons (Fsp3) is 0.333. The van der Waals surface area contributed by atoms with Crippen molar-refractivity contribution in [3.63, 3.8) is 0 Å². The Morgan fingerprint density at radius 2 is 2.33 bits per heavy atom. The molecule has 1 N–H and O–H groups in total. The molecule has 66 valence electrons. The Balaban J connectivity index is 3.08. The van der Waals surface area contributed by atoms with Crippen LogP contribution in [0, 0.1) is 5.82 Å². The summed E-state index contributed by atoms with van der Waals surface area (Å²) in [6, 6.07) is 0.00676. The van der Waals surface area contributed by atoms with Crippen LogP contribution in [0.1, 0.15) is 0 Å². The van der Waals surface area contributed by atoms with Crippen molar-refractivity contribution in [2.75, 3.05) is 19.2 Å². The van der Waals surface area contributed by atoms with Crippen LogP contribution < -0.4 is 9.80 Å². The van der Waals surface area contributed by atoms with Crippen LogP contribution >= 0.6 is 0 Å². The van der Waals surface area contributed by atoms with E-state index in [1.807, 2.05) is 0 Å². The predicted molar refractivity (Wildman–Crippen MR) is 38.7 cm³/mol. The standard InChI is InChI=1S/C6H8FN3O2/c1-10(11)5-4(7)3-8-6(9-5)12-2/h3,11H,1-2H3. The van der Waals surface area contributed by atoms with Gasteiger partial charge in [0.15, 0.2) is 11.6 Å². The van der Waals surface area contributed by atoms with E-state index in [0.717, 1.165) is 6.20 Å². The molecule has 0 aliphatic heterocycles. The number of rotatable bonds is 2. The van der Waals surface area contributed by atoms with Gasteiger partial charge in [-0.05, 0) is 0 Å². The van der Waals surface area contributed by atoms with Crippen molar-refractivity contribution in [2.24, 2.45) is 0 Å². The third kappa shape index (κ3) is 1.59. The summed E-state index contributed by atoms with van der Waals surface area (Å²) in [6.07, 6.45) is 0.924. The predicted octanol–water partition coefficient (Wildman–Crippen LogP) is 0.450. The fourth-order valence-electron chi connectivity index (χ4n) is 0.668. The maximum Gasteiger partial charge on any atom is 0.318 e. The Kier molecular flexibility index (Phi) is 2.39. The van der Waals surface area contributed by atoms with Crippen molar-refractivity contribution in [3.8, 4) is 6.01 Å². The van der Waals surface area contributed by atoms with Crippen LogP contribution in [0.15, 0.2) is 6.20 Å². The first kappa shape index (κ1) is 8.66. The van der Waals surface area contributed by atoms with Gasteiger partial charge in [0.2, 0.25) is 0 Å². The second kappa shape index (κ2) is 3.31. The summed E-state index contributed by atoms with van der Waals surface area (Å²) in [7, 11) is 2.61. The van der Waals surface area contributed by atoms with Gasteiger partial charge in [-0.2, -0.15) is 4.98 Å². The molecule has 1 aromatic heterocycles. The number of anilines is 1. The minimum Gasteiger partial charge on any atom is -0.467 e. The topological polar surface area (TPSA) is 58.5 Å². The normalized spacial score (nSPS) is 9.67. The lowest BCUT2D eigenvalue weighted by atomic mass is 10.5. The van der Waals surface area contributed by atoms with Gasteiger partial charge < -0.3 is 4.74 Å². The number of hydroxylamine groups is 1. The molecule has 1 rings (SSSR count). The van der Waals surface area contributed by atoms with E-state index in [1.165, 1.54) is 14.2 Å². The van der Waals surface area contributed by atoms with Gasteiger partial charge in [0.25, 0.3) is 0 Å². The first-order chi connectivity index (χ1) is 5.65. The molecule has 0 saturated heterocycles. The molecule has 12 heavy (non-hydrogen) atoms. The van der Waals surface area contributed by atoms with Gasteiger partial charge in [-0.1, -0.05) is 0 Å². The van der Waals surface area contributed by atoms with E-state index in [4.69, 9.17) is 5.21 Å². The summed E-state index contributed by atoms with van der Waals surface area (Å²) in [4.78, 5) is 7.05. The van der Waals surface area contributed by atoms with Gasteiger partial charge in [0.1, 0.15) is 0 Å². The number of aromatic nitrogens is 2. The summed E-state index contributed by atoms with van der Waals surface area (Å²) < 4.78 is 17.4. The summed E-state index contributed by atoms with van der Waals surface area (Å²) in [5.74, 6) is -0.928. The molecule has 0 unspecified atom stereocenters. The third-order valence-corrected chi connectivity index (χ3v) is 1.19. The molecule has 0 atom stereocenters. The third-order valence-electron chi connectivity index (χ3n) is 1.19. The second-order valence-corrected chi connectivity index (χ2v) is 2.05. The maximum atomic E-state index is 12.8. The number of hydrogen-bond acceptors (Lipinski definition) is 5. The first-order valence-corrected chi connectivity index (χ1v) is 3.14. The first-order valence-electron chi connectivity index (χ1n) is 3.14. The minimum absolute atomic E-state index is 0.00676. The Morgan fingerprint density at radius 1 is 1.67 bits per heavy atom. The van der Waals surface area contributed by atoms with Crippen LogP contribution in [0.2, 0.25) is 0 Å². The molecule has 0 aromatic carbocycles. The van der Waals surface area contributed by atoms with E-state index in [-0.39, 0.29) is 11.8 Å². The van der Waals surface area contributed by atoms with Gasteiger partial charge in [-0.15, -0.1) is 0 Å². The second-order valence-electron chi connectivity index (χ2n) is 2.05. The van der Waals surface area contributed by atoms with Crippen LogP contribution in [0.4, 0.5) is 10.2 Å². The van der Waals surface area contributed by atoms with E-state index < -0.39 is 5.82 Å². The monoisotopic (exact) mass is 173 g/mol. The fourth-order valence-corrected chi connectivity index (χ4v) is 0.668. The highest BCUT2D eigenvalue weighted by Gasteiger charge is 2.09. The van der Waals surface area contributed by atoms with E-state index >= 15 is 0 Å². The van der Waals surface area contributed by atoms with E-state index in [1.54, 1.807) is 0 Å². The van der Waals surface area contributed by atoms with Crippen molar-refractivity contribution in [1.82, 2.24) is 9.97 Å². The van der Waals surface area contributed by atoms with Crippen molar-refractivity contribution in [3.05, 3.63) is 12.0 Å². The average Bonchev–Trinajstić information content (AvgIpc) is 2.05. The van der Waals surface area contributed by atoms with Crippen LogP contribution in [-0.4, -0.2) is 29.3 Å². The Bertz CT molecular complexity index is 279. The highest BCUT2D eigenvalue weighted by atomic mass is 19.1. The Morgan fingerprint density at radius 3 is 2.83 bits per heavy atom. The summed E-state index contributed by atoms with van der Waals surface area (Å²) >= 11 is 0. The Hall–Kier alpha value is -1.43. The SMILES string of the molecule is COc1ncc(F)c(N(C)O)n1. The van der Waals surface area contributed by atoms with E-state index in [9.17, 15) is 4.39 Å². The molecule has 0 aliphatic carbocycles. The number of methoxy groups -OCH3 is 1. The number of nitrogens with zero attached hydrogens (tertiary/aromatic N) is 3.